The van der Waals surface area contributed by atoms with Crippen LogP contribution in [-0.2, 0) is 0 Å². The van der Waals surface area contributed by atoms with Crippen LogP contribution < -0.4 is 5.46 Å². The molecule has 0 unspecified atom stereocenters. The van der Waals surface area contributed by atoms with Gasteiger partial charge < -0.3 is 10.0 Å². The van der Waals surface area contributed by atoms with Crippen molar-refractivity contribution in [2.45, 2.75) is 6.92 Å². The average molecular weight is 451 g/mol. The van der Waals surface area contributed by atoms with E-state index in [0.29, 0.717) is 5.82 Å². The van der Waals surface area contributed by atoms with Crippen molar-refractivity contribution in [3.8, 4) is 11.4 Å². The summed E-state index contributed by atoms with van der Waals surface area (Å²) in [5, 5.41) is 17.7. The van der Waals surface area contributed by atoms with Crippen molar-refractivity contribution in [1.29, 1.82) is 0 Å². The summed E-state index contributed by atoms with van der Waals surface area (Å²) in [6.07, 6.45) is 4.58. The molecule has 0 atom stereocenters. The zero-order valence-corrected chi connectivity index (χ0v) is 15.9. The van der Waals surface area contributed by atoms with E-state index in [9.17, 15) is 0 Å². The molecule has 2 heterocycles. The minimum Gasteiger partial charge on any atom is -0.423 e. The number of aryl methyl sites for hydroxylation is 1. The molecule has 0 amide bonds. The minimum absolute atomic E-state index is 0.287. The number of nitrogens with zero attached hydrogens (tertiary/aromatic N) is 3. The number of pyridine rings is 1. The summed E-state index contributed by atoms with van der Waals surface area (Å²) in [4.78, 5) is 12.1. The molecule has 0 saturated heterocycles. The second kappa shape index (κ2) is 9.03. The van der Waals surface area contributed by atoms with Gasteiger partial charge in [-0.3, -0.25) is 0 Å². The monoisotopic (exact) mass is 449 g/mol. The fourth-order valence-corrected chi connectivity index (χ4v) is 2.38. The fraction of sp³-hybridized carbons (Fsp3) is 0.0625. The fourth-order valence-electron chi connectivity index (χ4n) is 1.71. The van der Waals surface area contributed by atoms with E-state index in [1.165, 1.54) is 18.0 Å². The number of hydrogen-bond donors (Lipinski definition) is 2. The molecule has 8 heteroatoms. The van der Waals surface area contributed by atoms with Gasteiger partial charge in [0.15, 0.2) is 5.82 Å². The van der Waals surface area contributed by atoms with Gasteiger partial charge in [0.25, 0.3) is 0 Å². The van der Waals surface area contributed by atoms with E-state index in [0.717, 1.165) is 14.6 Å². The lowest BCUT2D eigenvalue weighted by molar-refractivity contribution is 0.425. The second-order valence-corrected chi connectivity index (χ2v) is 6.50. The summed E-state index contributed by atoms with van der Waals surface area (Å²) in [5.74, 6) is 0.569. The average Bonchev–Trinajstić information content (AvgIpc) is 2.60. The lowest BCUT2D eigenvalue weighted by Crippen LogP contribution is -2.30. The van der Waals surface area contributed by atoms with Crippen LogP contribution in [0.3, 0.4) is 0 Å². The molecular formula is C16H14BBr2N3O2. The summed E-state index contributed by atoms with van der Waals surface area (Å²) < 4.78 is 1.92. The topological polar surface area (TPSA) is 79.1 Å². The molecule has 0 bridgehead atoms. The van der Waals surface area contributed by atoms with Gasteiger partial charge in [-0.05, 0) is 50.4 Å². The maximum absolute atomic E-state index is 8.86. The largest absolute Gasteiger partial charge is 0.491 e. The highest BCUT2D eigenvalue weighted by atomic mass is 79.9. The van der Waals surface area contributed by atoms with E-state index in [2.05, 4.69) is 46.8 Å². The maximum atomic E-state index is 8.86. The van der Waals surface area contributed by atoms with Crippen molar-refractivity contribution >= 4 is 44.4 Å². The van der Waals surface area contributed by atoms with Crippen LogP contribution in [0.15, 0.2) is 64.1 Å². The van der Waals surface area contributed by atoms with Crippen LogP contribution in [0.5, 0.6) is 0 Å². The Labute approximate surface area is 157 Å². The van der Waals surface area contributed by atoms with Gasteiger partial charge in [-0.15, -0.1) is 0 Å². The molecule has 0 aliphatic rings. The van der Waals surface area contributed by atoms with E-state index < -0.39 is 7.12 Å². The van der Waals surface area contributed by atoms with Gasteiger partial charge in [0.05, 0.1) is 0 Å². The van der Waals surface area contributed by atoms with Crippen LogP contribution in [0, 0.1) is 6.92 Å². The smallest absolute Gasteiger partial charge is 0.423 e. The maximum Gasteiger partial charge on any atom is 0.491 e. The molecule has 3 rings (SSSR count). The highest BCUT2D eigenvalue weighted by Gasteiger charge is 2.11. The van der Waals surface area contributed by atoms with Crippen LogP contribution in [0.4, 0.5) is 0 Å². The van der Waals surface area contributed by atoms with Crippen molar-refractivity contribution in [1.82, 2.24) is 15.0 Å². The van der Waals surface area contributed by atoms with Crippen molar-refractivity contribution in [2.24, 2.45) is 0 Å². The standard InChI is InChI=1S/C10H9BN2O2.C6H5Br2N/c14-11(15)9-6-12-10(13-7-9)8-4-2-1-3-5-8;1-4-2-6(8)9-3-5(4)7/h1-7,14-15H;2-3H,1H3. The Balaban J connectivity index is 0.000000198. The molecule has 2 N–H and O–H groups in total. The zero-order chi connectivity index (χ0) is 17.5. The molecule has 1 aromatic carbocycles. The van der Waals surface area contributed by atoms with E-state index in [4.69, 9.17) is 10.0 Å². The number of halogens is 2. The zero-order valence-electron chi connectivity index (χ0n) is 12.8. The van der Waals surface area contributed by atoms with Crippen LogP contribution in [-0.4, -0.2) is 32.1 Å². The van der Waals surface area contributed by atoms with Gasteiger partial charge in [-0.1, -0.05) is 30.3 Å². The Morgan fingerprint density at radius 1 is 0.917 bits per heavy atom. The van der Waals surface area contributed by atoms with Crippen molar-refractivity contribution in [3.63, 3.8) is 0 Å². The number of rotatable bonds is 2. The van der Waals surface area contributed by atoms with Gasteiger partial charge in [-0.25, -0.2) is 15.0 Å². The lowest BCUT2D eigenvalue weighted by Gasteiger charge is -2.01. The summed E-state index contributed by atoms with van der Waals surface area (Å²) in [7, 11) is -1.52. The van der Waals surface area contributed by atoms with Crippen LogP contribution in [0.25, 0.3) is 11.4 Å². The van der Waals surface area contributed by atoms with E-state index in [1.54, 1.807) is 6.20 Å². The first kappa shape index (κ1) is 18.7. The Morgan fingerprint density at radius 2 is 1.54 bits per heavy atom. The molecular weight excluding hydrogens is 437 g/mol. The molecule has 3 aromatic rings. The highest BCUT2D eigenvalue weighted by Crippen LogP contribution is 2.17. The molecule has 5 nitrogen and oxygen atoms in total. The third-order valence-electron chi connectivity index (χ3n) is 3.02. The van der Waals surface area contributed by atoms with Gasteiger partial charge in [0, 0.05) is 34.1 Å². The minimum atomic E-state index is -1.52. The third-order valence-corrected chi connectivity index (χ3v) is 4.28. The van der Waals surface area contributed by atoms with E-state index in [1.807, 2.05) is 43.3 Å². The first-order valence-corrected chi connectivity index (χ1v) is 8.57. The molecule has 2 aromatic heterocycles. The van der Waals surface area contributed by atoms with E-state index in [-0.39, 0.29) is 5.46 Å². The Hall–Kier alpha value is -1.61. The third kappa shape index (κ3) is 5.49. The second-order valence-electron chi connectivity index (χ2n) is 4.84. The number of aromatic nitrogens is 3. The van der Waals surface area contributed by atoms with Crippen molar-refractivity contribution < 1.29 is 10.0 Å². The number of benzene rings is 1. The summed E-state index contributed by atoms with van der Waals surface area (Å²) >= 11 is 6.61. The SMILES string of the molecule is Cc1cc(Br)ncc1Br.OB(O)c1cnc(-c2ccccc2)nc1. The molecule has 0 spiro atoms. The molecule has 122 valence electrons. The van der Waals surface area contributed by atoms with Crippen LogP contribution >= 0.6 is 31.9 Å². The number of hydrogen-bond acceptors (Lipinski definition) is 5. The normalized spacial score (nSPS) is 9.88. The van der Waals surface area contributed by atoms with Gasteiger partial charge in [0.1, 0.15) is 4.60 Å². The summed E-state index contributed by atoms with van der Waals surface area (Å²) in [6.45, 7) is 2.02. The molecule has 0 aliphatic heterocycles. The summed E-state index contributed by atoms with van der Waals surface area (Å²) in [6, 6.07) is 11.5. The van der Waals surface area contributed by atoms with Gasteiger partial charge in [0.2, 0.25) is 0 Å². The van der Waals surface area contributed by atoms with Crippen LogP contribution in [0.2, 0.25) is 0 Å². The van der Waals surface area contributed by atoms with Gasteiger partial charge in [-0.2, -0.15) is 0 Å². The Kier molecular flexibility index (Phi) is 7.05. The molecule has 0 radical (unpaired) electrons. The predicted molar refractivity (Wildman–Crippen MR) is 102 cm³/mol. The quantitative estimate of drug-likeness (QED) is 0.463. The first-order valence-electron chi connectivity index (χ1n) is 6.98. The van der Waals surface area contributed by atoms with Crippen molar-refractivity contribution in [3.05, 3.63) is 69.6 Å². The highest BCUT2D eigenvalue weighted by molar-refractivity contribution is 9.11. The Bertz CT molecular complexity index is 787. The van der Waals surface area contributed by atoms with E-state index >= 15 is 0 Å². The van der Waals surface area contributed by atoms with Crippen molar-refractivity contribution in [2.75, 3.05) is 0 Å². The lowest BCUT2D eigenvalue weighted by atomic mass is 9.83. The summed E-state index contributed by atoms with van der Waals surface area (Å²) in [5.41, 5.74) is 2.38. The Morgan fingerprint density at radius 3 is 2.04 bits per heavy atom. The molecule has 0 fully saturated rings. The predicted octanol–water partition coefficient (Wildman–Crippen LogP) is 2.74. The molecule has 0 saturated carbocycles. The molecule has 24 heavy (non-hydrogen) atoms. The van der Waals surface area contributed by atoms with Gasteiger partial charge >= 0.3 is 7.12 Å². The molecule has 0 aliphatic carbocycles. The van der Waals surface area contributed by atoms with Crippen LogP contribution in [0.1, 0.15) is 5.56 Å². The first-order chi connectivity index (χ1) is 11.5.